The van der Waals surface area contributed by atoms with Gasteiger partial charge >= 0.3 is 6.09 Å². The summed E-state index contributed by atoms with van der Waals surface area (Å²) in [6.45, 7) is 8.59. The number of rotatable bonds is 4. The molecule has 178 valence electrons. The Balaban J connectivity index is 1.42. The highest BCUT2D eigenvalue weighted by Crippen LogP contribution is 2.35. The van der Waals surface area contributed by atoms with Crippen LogP contribution in [0.1, 0.15) is 59.1 Å². The molecule has 1 aliphatic carbocycles. The molecule has 0 saturated heterocycles. The van der Waals surface area contributed by atoms with Crippen LogP contribution in [0.15, 0.2) is 18.5 Å². The van der Waals surface area contributed by atoms with Crippen molar-refractivity contribution in [2.24, 2.45) is 11.8 Å². The van der Waals surface area contributed by atoms with Gasteiger partial charge in [0.25, 0.3) is 0 Å². The molecule has 1 saturated carbocycles. The smallest absolute Gasteiger partial charge is 0.407 e. The van der Waals surface area contributed by atoms with Gasteiger partial charge in [-0.1, -0.05) is 24.9 Å². The number of fused-ring (bicyclic) bond motifs is 1. The lowest BCUT2D eigenvalue weighted by atomic mass is 9.85. The normalized spacial score (nSPS) is 22.5. The Hall–Kier alpha value is -2.61. The molecule has 2 aromatic rings. The van der Waals surface area contributed by atoms with Crippen molar-refractivity contribution >= 4 is 29.4 Å². The first kappa shape index (κ1) is 23.5. The Kier molecular flexibility index (Phi) is 6.66. The summed E-state index contributed by atoms with van der Waals surface area (Å²) in [6, 6.07) is 1.73. The van der Waals surface area contributed by atoms with Crippen LogP contribution < -0.4 is 10.6 Å². The molecule has 4 rings (SSSR count). The second-order valence-electron chi connectivity index (χ2n) is 10.2. The lowest BCUT2D eigenvalue weighted by Gasteiger charge is -2.30. The molecule has 2 amide bonds. The van der Waals surface area contributed by atoms with E-state index in [9.17, 15) is 9.59 Å². The molecule has 2 aliphatic rings. The third-order valence-corrected chi connectivity index (χ3v) is 6.44. The molecule has 0 spiro atoms. The zero-order chi connectivity index (χ0) is 23.8. The van der Waals surface area contributed by atoms with E-state index in [-0.39, 0.29) is 17.9 Å². The van der Waals surface area contributed by atoms with Crippen LogP contribution in [0.2, 0.25) is 5.02 Å². The summed E-state index contributed by atoms with van der Waals surface area (Å²) < 4.78 is 7.37. The summed E-state index contributed by atoms with van der Waals surface area (Å²) in [5.74, 6) is 0.703. The molecule has 2 N–H and O–H groups in total. The SMILES string of the molecule is CC1Cc2c(-c3cc(NC(=O)[C@H]4CCC[C@@H](NC(=O)OC(C)(C)C)C4)ncc3Cl)cnn2C1. The molecular formula is C24H32ClN5O3. The highest BCUT2D eigenvalue weighted by molar-refractivity contribution is 6.33. The fourth-order valence-electron chi connectivity index (χ4n) is 4.67. The molecule has 0 radical (unpaired) electrons. The summed E-state index contributed by atoms with van der Waals surface area (Å²) in [6.07, 6.45) is 6.94. The number of hydrogen-bond donors (Lipinski definition) is 2. The molecule has 2 aromatic heterocycles. The van der Waals surface area contributed by atoms with Gasteiger partial charge in [0.2, 0.25) is 5.91 Å². The lowest BCUT2D eigenvalue weighted by molar-refractivity contribution is -0.121. The first-order chi connectivity index (χ1) is 15.6. The maximum absolute atomic E-state index is 13.0. The number of aromatic nitrogens is 3. The van der Waals surface area contributed by atoms with Crippen LogP contribution in [0.25, 0.3) is 11.1 Å². The third kappa shape index (κ3) is 5.66. The van der Waals surface area contributed by atoms with Gasteiger partial charge in [-0.05, 0) is 58.4 Å². The van der Waals surface area contributed by atoms with Crippen molar-refractivity contribution in [2.75, 3.05) is 5.32 Å². The Morgan fingerprint density at radius 2 is 2.00 bits per heavy atom. The maximum Gasteiger partial charge on any atom is 0.407 e. The van der Waals surface area contributed by atoms with Crippen molar-refractivity contribution in [3.63, 3.8) is 0 Å². The molecular weight excluding hydrogens is 442 g/mol. The first-order valence-electron chi connectivity index (χ1n) is 11.6. The van der Waals surface area contributed by atoms with Crippen molar-refractivity contribution in [2.45, 2.75) is 78.0 Å². The van der Waals surface area contributed by atoms with Gasteiger partial charge < -0.3 is 15.4 Å². The number of hydrogen-bond acceptors (Lipinski definition) is 5. The summed E-state index contributed by atoms with van der Waals surface area (Å²) in [4.78, 5) is 29.4. The van der Waals surface area contributed by atoms with Gasteiger partial charge in [-0.2, -0.15) is 5.10 Å². The predicted molar refractivity (Wildman–Crippen MR) is 127 cm³/mol. The molecule has 3 atom stereocenters. The van der Waals surface area contributed by atoms with Crippen LogP contribution in [-0.4, -0.2) is 38.4 Å². The number of carbonyl (C=O) groups excluding carboxylic acids is 2. The van der Waals surface area contributed by atoms with Crippen molar-refractivity contribution in [1.82, 2.24) is 20.1 Å². The first-order valence-corrected chi connectivity index (χ1v) is 12.0. The fourth-order valence-corrected chi connectivity index (χ4v) is 4.88. The van der Waals surface area contributed by atoms with E-state index in [0.717, 1.165) is 49.0 Å². The van der Waals surface area contributed by atoms with E-state index in [2.05, 4.69) is 27.6 Å². The van der Waals surface area contributed by atoms with E-state index >= 15 is 0 Å². The molecule has 8 nitrogen and oxygen atoms in total. The summed E-state index contributed by atoms with van der Waals surface area (Å²) in [7, 11) is 0. The number of anilines is 1. The van der Waals surface area contributed by atoms with Crippen LogP contribution in [0.4, 0.5) is 10.6 Å². The monoisotopic (exact) mass is 473 g/mol. The number of nitrogens with one attached hydrogen (secondary N) is 2. The second kappa shape index (κ2) is 9.33. The van der Waals surface area contributed by atoms with Crippen LogP contribution in [0.3, 0.4) is 0 Å². The van der Waals surface area contributed by atoms with Crippen molar-refractivity contribution in [3.05, 3.63) is 29.2 Å². The van der Waals surface area contributed by atoms with E-state index in [1.54, 1.807) is 6.20 Å². The van der Waals surface area contributed by atoms with E-state index in [0.29, 0.717) is 23.2 Å². The van der Waals surface area contributed by atoms with Crippen LogP contribution in [0.5, 0.6) is 0 Å². The molecule has 9 heteroatoms. The highest BCUT2D eigenvalue weighted by Gasteiger charge is 2.30. The van der Waals surface area contributed by atoms with Gasteiger partial charge in [0.15, 0.2) is 0 Å². The van der Waals surface area contributed by atoms with E-state index in [1.165, 1.54) is 0 Å². The Morgan fingerprint density at radius 1 is 1.21 bits per heavy atom. The average molecular weight is 474 g/mol. The predicted octanol–water partition coefficient (Wildman–Crippen LogP) is 4.81. The Bertz CT molecular complexity index is 1050. The molecule has 0 aromatic carbocycles. The zero-order valence-corrected chi connectivity index (χ0v) is 20.4. The molecule has 3 heterocycles. The standard InChI is InChI=1S/C24H32ClN5O3/c1-14-8-20-18(11-27-30(20)13-14)17-10-21(26-12-19(17)25)29-22(31)15-6-5-7-16(9-15)28-23(32)33-24(2,3)4/h10-12,14-16H,5-9,13H2,1-4H3,(H,28,32)(H,26,29,31)/t14?,15-,16+/m0/s1. The molecule has 1 unspecified atom stereocenters. The van der Waals surface area contributed by atoms with Gasteiger partial charge in [-0.3, -0.25) is 9.48 Å². The van der Waals surface area contributed by atoms with Crippen molar-refractivity contribution in [1.29, 1.82) is 0 Å². The van der Waals surface area contributed by atoms with Crippen LogP contribution >= 0.6 is 11.6 Å². The van der Waals surface area contributed by atoms with Crippen LogP contribution in [0, 0.1) is 11.8 Å². The topological polar surface area (TPSA) is 98.1 Å². The second-order valence-corrected chi connectivity index (χ2v) is 10.6. The highest BCUT2D eigenvalue weighted by atomic mass is 35.5. The van der Waals surface area contributed by atoms with Crippen LogP contribution in [-0.2, 0) is 22.5 Å². The number of alkyl carbamates (subject to hydrolysis) is 1. The Labute approximate surface area is 199 Å². The number of ether oxygens (including phenoxy) is 1. The number of amides is 2. The lowest BCUT2D eigenvalue weighted by Crippen LogP contribution is -2.43. The van der Waals surface area contributed by atoms with Gasteiger partial charge in [0, 0.05) is 41.5 Å². The van der Waals surface area contributed by atoms with Crippen molar-refractivity contribution in [3.8, 4) is 11.1 Å². The van der Waals surface area contributed by atoms with Gasteiger partial charge in [-0.15, -0.1) is 0 Å². The summed E-state index contributed by atoms with van der Waals surface area (Å²) in [5.41, 5.74) is 2.42. The maximum atomic E-state index is 13.0. The molecule has 33 heavy (non-hydrogen) atoms. The van der Waals surface area contributed by atoms with Crippen molar-refractivity contribution < 1.29 is 14.3 Å². The minimum Gasteiger partial charge on any atom is -0.444 e. The van der Waals surface area contributed by atoms with Gasteiger partial charge in [0.05, 0.1) is 11.2 Å². The zero-order valence-electron chi connectivity index (χ0n) is 19.7. The average Bonchev–Trinajstić information content (AvgIpc) is 3.27. The molecule has 0 bridgehead atoms. The minimum absolute atomic E-state index is 0.0879. The summed E-state index contributed by atoms with van der Waals surface area (Å²) in [5, 5.41) is 10.9. The van der Waals surface area contributed by atoms with E-state index in [1.807, 2.05) is 37.7 Å². The van der Waals surface area contributed by atoms with E-state index in [4.69, 9.17) is 16.3 Å². The quantitative estimate of drug-likeness (QED) is 0.663. The Morgan fingerprint density at radius 3 is 2.76 bits per heavy atom. The number of carbonyl (C=O) groups is 2. The minimum atomic E-state index is -0.554. The number of halogens is 1. The number of nitrogens with zero attached hydrogens (tertiary/aromatic N) is 3. The van der Waals surface area contributed by atoms with E-state index < -0.39 is 11.7 Å². The van der Waals surface area contributed by atoms with Gasteiger partial charge in [-0.25, -0.2) is 9.78 Å². The fraction of sp³-hybridized carbons (Fsp3) is 0.583. The molecule has 1 fully saturated rings. The van der Waals surface area contributed by atoms with Gasteiger partial charge in [0.1, 0.15) is 11.4 Å². The third-order valence-electron chi connectivity index (χ3n) is 6.14. The number of pyridine rings is 1. The summed E-state index contributed by atoms with van der Waals surface area (Å²) >= 11 is 6.46. The largest absolute Gasteiger partial charge is 0.444 e. The molecule has 1 aliphatic heterocycles.